The normalized spacial score (nSPS) is 12.2. The molecule has 0 aliphatic rings. The summed E-state index contributed by atoms with van der Waals surface area (Å²) in [6.45, 7) is 0. The van der Waals surface area contributed by atoms with Crippen molar-refractivity contribution in [3.63, 3.8) is 0 Å². The quantitative estimate of drug-likeness (QED) is 0.181. The Hall–Kier alpha value is -7.34. The fraction of sp³-hybridized carbons (Fsp3) is 0. The maximum absolute atomic E-state index is 5.45. The third-order valence-corrected chi connectivity index (χ3v) is 13.0. The molecule has 0 atom stereocenters. The molecule has 0 radical (unpaired) electrons. The average molecular weight is 743 g/mol. The van der Waals surface area contributed by atoms with Gasteiger partial charge in [-0.2, -0.15) is 0 Å². The first-order chi connectivity index (χ1) is 28.2. The number of aromatic nitrogens is 4. The summed E-state index contributed by atoms with van der Waals surface area (Å²) in [4.78, 5) is 10.8. The lowest BCUT2D eigenvalue weighted by atomic mass is 10.0. The van der Waals surface area contributed by atoms with Gasteiger partial charge in [0, 0.05) is 53.0 Å². The average Bonchev–Trinajstić information content (AvgIpc) is 3.91. The molecule has 57 heavy (non-hydrogen) atoms. The second kappa shape index (κ2) is 11.6. The van der Waals surface area contributed by atoms with Crippen molar-refractivity contribution >= 4 is 108 Å². The number of para-hydroxylation sites is 4. The summed E-state index contributed by atoms with van der Waals surface area (Å²) < 4.78 is 7.30. The smallest absolute Gasteiger partial charge is 0.165 e. The third-order valence-electron chi connectivity index (χ3n) is 11.8. The molecule has 9 aromatic carbocycles. The van der Waals surface area contributed by atoms with Crippen molar-refractivity contribution in [2.45, 2.75) is 0 Å². The minimum Gasteiger partial charge on any atom is -0.309 e. The van der Waals surface area contributed by atoms with Gasteiger partial charge in [0.1, 0.15) is 5.69 Å². The summed E-state index contributed by atoms with van der Waals surface area (Å²) in [7, 11) is 0. The van der Waals surface area contributed by atoms with Crippen molar-refractivity contribution in [1.82, 2.24) is 19.1 Å². The van der Waals surface area contributed by atoms with Crippen LogP contribution in [0, 0.1) is 0 Å². The van der Waals surface area contributed by atoms with Crippen molar-refractivity contribution in [1.29, 1.82) is 0 Å². The fourth-order valence-corrected chi connectivity index (χ4v) is 10.4. The minimum atomic E-state index is 0.824. The molecule has 0 aliphatic carbocycles. The number of thiophene rings is 1. The number of nitrogens with zero attached hydrogens (tertiary/aromatic N) is 4. The molecule has 0 unspecified atom stereocenters. The summed E-state index contributed by atoms with van der Waals surface area (Å²) in [5.41, 5.74) is 9.40. The molecule has 13 aromatic rings. The van der Waals surface area contributed by atoms with Crippen LogP contribution in [-0.2, 0) is 0 Å². The zero-order valence-electron chi connectivity index (χ0n) is 30.5. The van der Waals surface area contributed by atoms with Crippen LogP contribution in [0.2, 0.25) is 0 Å². The summed E-state index contributed by atoms with van der Waals surface area (Å²) in [6, 6.07) is 66.0. The number of benzene rings is 9. The molecule has 0 N–H and O–H groups in total. The highest BCUT2D eigenvalue weighted by molar-refractivity contribution is 7.25. The molecular weight excluding hydrogens is 713 g/mol. The molecule has 0 saturated carbocycles. The maximum atomic E-state index is 5.45. The second-order valence-corrected chi connectivity index (χ2v) is 16.1. The third kappa shape index (κ3) is 4.49. The number of hydrogen-bond acceptors (Lipinski definition) is 3. The molecule has 4 aromatic heterocycles. The summed E-state index contributed by atoms with van der Waals surface area (Å²) >= 11 is 1.83. The Morgan fingerprint density at radius 1 is 0.351 bits per heavy atom. The number of rotatable bonds is 3. The molecule has 0 bridgehead atoms. The summed E-state index contributed by atoms with van der Waals surface area (Å²) in [5.74, 6) is 0.824. The van der Waals surface area contributed by atoms with Gasteiger partial charge in [-0.25, -0.2) is 9.97 Å². The molecular formula is C52H30N4S. The Kier molecular flexibility index (Phi) is 6.29. The van der Waals surface area contributed by atoms with E-state index in [2.05, 4.69) is 179 Å². The Morgan fingerprint density at radius 2 is 0.930 bits per heavy atom. The summed E-state index contributed by atoms with van der Waals surface area (Å²) in [5, 5.41) is 12.3. The zero-order valence-corrected chi connectivity index (χ0v) is 31.3. The van der Waals surface area contributed by atoms with E-state index in [0.29, 0.717) is 0 Å². The lowest BCUT2D eigenvalue weighted by Crippen LogP contribution is -2.03. The van der Waals surface area contributed by atoms with Gasteiger partial charge >= 0.3 is 0 Å². The zero-order chi connectivity index (χ0) is 37.2. The van der Waals surface area contributed by atoms with Crippen LogP contribution >= 0.6 is 11.3 Å². The van der Waals surface area contributed by atoms with Crippen molar-refractivity contribution in [2.24, 2.45) is 0 Å². The lowest BCUT2D eigenvalue weighted by Gasteiger charge is -2.14. The van der Waals surface area contributed by atoms with E-state index in [1.807, 2.05) is 23.5 Å². The van der Waals surface area contributed by atoms with Crippen molar-refractivity contribution < 1.29 is 0 Å². The van der Waals surface area contributed by atoms with Crippen LogP contribution in [0.3, 0.4) is 0 Å². The van der Waals surface area contributed by atoms with Crippen molar-refractivity contribution in [3.05, 3.63) is 182 Å². The van der Waals surface area contributed by atoms with E-state index in [1.165, 1.54) is 68.9 Å². The Balaban J connectivity index is 1.08. The molecule has 4 heterocycles. The highest BCUT2D eigenvalue weighted by Crippen LogP contribution is 2.41. The van der Waals surface area contributed by atoms with Gasteiger partial charge in [0.05, 0.1) is 33.1 Å². The molecule has 0 fully saturated rings. The highest BCUT2D eigenvalue weighted by atomic mass is 32.1. The van der Waals surface area contributed by atoms with E-state index in [4.69, 9.17) is 9.97 Å². The van der Waals surface area contributed by atoms with Gasteiger partial charge in [-0.3, -0.25) is 4.57 Å². The molecule has 0 spiro atoms. The SMILES string of the molecule is c1ccc2cc3c(cc2c1)c1ccccc1n3-c1ccc2cc3c4ccccc4n(-c4nc5ccccc5nc4-c4ccc5c(c4)sc4ccccc45)c3cc2c1. The summed E-state index contributed by atoms with van der Waals surface area (Å²) in [6.07, 6.45) is 0. The predicted molar refractivity (Wildman–Crippen MR) is 242 cm³/mol. The van der Waals surface area contributed by atoms with Gasteiger partial charge in [-0.15, -0.1) is 11.3 Å². The first-order valence-electron chi connectivity index (χ1n) is 19.3. The first kappa shape index (κ1) is 30.9. The van der Waals surface area contributed by atoms with Crippen LogP contribution in [0.5, 0.6) is 0 Å². The Labute approximate surface area is 330 Å². The van der Waals surface area contributed by atoms with Gasteiger partial charge in [0.25, 0.3) is 0 Å². The van der Waals surface area contributed by atoms with E-state index in [0.717, 1.165) is 50.2 Å². The fourth-order valence-electron chi connectivity index (χ4n) is 9.21. The van der Waals surface area contributed by atoms with Crippen LogP contribution in [0.15, 0.2) is 182 Å². The van der Waals surface area contributed by atoms with Crippen LogP contribution in [0.4, 0.5) is 0 Å². The van der Waals surface area contributed by atoms with Crippen LogP contribution < -0.4 is 0 Å². The predicted octanol–water partition coefficient (Wildman–Crippen LogP) is 14.2. The minimum absolute atomic E-state index is 0.824. The molecule has 4 nitrogen and oxygen atoms in total. The lowest BCUT2D eigenvalue weighted by molar-refractivity contribution is 1.08. The van der Waals surface area contributed by atoms with Gasteiger partial charge in [-0.05, 0) is 94.3 Å². The topological polar surface area (TPSA) is 35.6 Å². The van der Waals surface area contributed by atoms with Crippen molar-refractivity contribution in [3.8, 4) is 22.8 Å². The van der Waals surface area contributed by atoms with E-state index in [1.54, 1.807) is 0 Å². The largest absolute Gasteiger partial charge is 0.309 e. The number of fused-ring (bicyclic) bond motifs is 12. The van der Waals surface area contributed by atoms with Crippen LogP contribution in [0.25, 0.3) is 119 Å². The second-order valence-electron chi connectivity index (χ2n) is 15.0. The van der Waals surface area contributed by atoms with E-state index in [9.17, 15) is 0 Å². The number of hydrogen-bond donors (Lipinski definition) is 0. The maximum Gasteiger partial charge on any atom is 0.165 e. The van der Waals surface area contributed by atoms with Gasteiger partial charge in [0.2, 0.25) is 0 Å². The highest BCUT2D eigenvalue weighted by Gasteiger charge is 2.21. The Morgan fingerprint density at radius 3 is 1.72 bits per heavy atom. The monoisotopic (exact) mass is 742 g/mol. The Bertz CT molecular complexity index is 3830. The van der Waals surface area contributed by atoms with Gasteiger partial charge in [-0.1, -0.05) is 109 Å². The molecule has 0 amide bonds. The van der Waals surface area contributed by atoms with Crippen LogP contribution in [-0.4, -0.2) is 19.1 Å². The van der Waals surface area contributed by atoms with E-state index in [-0.39, 0.29) is 0 Å². The van der Waals surface area contributed by atoms with Gasteiger partial charge in [0.15, 0.2) is 5.82 Å². The van der Waals surface area contributed by atoms with E-state index < -0.39 is 0 Å². The molecule has 5 heteroatoms. The molecule has 0 aliphatic heterocycles. The standard InChI is InChI=1S/C52H30N4S/c1-2-12-32-28-47-41(26-31(32)11-1)37-13-3-8-18-45(37)55(47)36-23-21-33-27-42-38-14-4-9-19-46(38)56(48(42)29-35(33)25-36)52-51(53-43-16-6-7-17-44(43)54-52)34-22-24-40-39-15-5-10-20-49(39)57-50(40)30-34/h1-30H. The van der Waals surface area contributed by atoms with Crippen molar-refractivity contribution in [2.75, 3.05) is 0 Å². The molecule has 264 valence electrons. The van der Waals surface area contributed by atoms with E-state index >= 15 is 0 Å². The molecule has 0 saturated heterocycles. The first-order valence-corrected chi connectivity index (χ1v) is 20.1. The molecule has 13 rings (SSSR count). The van der Waals surface area contributed by atoms with Gasteiger partial charge < -0.3 is 4.57 Å². The van der Waals surface area contributed by atoms with Crippen LogP contribution in [0.1, 0.15) is 0 Å².